The highest BCUT2D eigenvalue weighted by atomic mass is 16.3. The minimum absolute atomic E-state index is 0.912. The number of hydrogen-bond donors (Lipinski definition) is 0. The molecule has 256 valence electrons. The SMILES string of the molecule is c1ccc(-n2c3ccccc3c3cc(-c4ccc5c6ccccc6n(-c6ccc7ccc(-c8ccc9c(c8)oc8ccccc89)cc7c6)c5c4)ccc32)cc1. The summed E-state index contributed by atoms with van der Waals surface area (Å²) in [7, 11) is 0. The second-order valence-corrected chi connectivity index (χ2v) is 14.6. The number of para-hydroxylation sites is 4. The zero-order valence-electron chi connectivity index (χ0n) is 29.8. The number of benzene rings is 9. The predicted molar refractivity (Wildman–Crippen MR) is 231 cm³/mol. The molecule has 0 bridgehead atoms. The average molecular weight is 701 g/mol. The van der Waals surface area contributed by atoms with Crippen molar-refractivity contribution in [3.63, 3.8) is 0 Å². The molecular weight excluding hydrogens is 669 g/mol. The first kappa shape index (κ1) is 30.1. The summed E-state index contributed by atoms with van der Waals surface area (Å²) < 4.78 is 11.1. The number of fused-ring (bicyclic) bond motifs is 10. The van der Waals surface area contributed by atoms with Crippen LogP contribution in [-0.4, -0.2) is 9.13 Å². The predicted octanol–water partition coefficient (Wildman–Crippen LogP) is 14.3. The highest BCUT2D eigenvalue weighted by Crippen LogP contribution is 2.39. The first-order valence-electron chi connectivity index (χ1n) is 18.8. The standard InChI is InChI=1S/C52H32N2O/c1-2-10-39(11-3-1)53-48-16-8-5-13-42(48)46-30-35(23-27-49(46)53)36-21-25-43-41-12-4-7-15-47(41)54(50(43)31-36)40-24-20-33-18-19-34(28-38(33)29-40)37-22-26-45-44-14-6-9-17-51(44)55-52(45)32-37/h1-32H. The number of nitrogens with zero attached hydrogens (tertiary/aromatic N) is 2. The quantitative estimate of drug-likeness (QED) is 0.179. The molecule has 0 fully saturated rings. The summed E-state index contributed by atoms with van der Waals surface area (Å²) in [6.07, 6.45) is 0. The summed E-state index contributed by atoms with van der Waals surface area (Å²) in [6.45, 7) is 0. The van der Waals surface area contributed by atoms with Gasteiger partial charge < -0.3 is 13.6 Å². The molecule has 55 heavy (non-hydrogen) atoms. The van der Waals surface area contributed by atoms with Gasteiger partial charge >= 0.3 is 0 Å². The van der Waals surface area contributed by atoms with Gasteiger partial charge in [0.1, 0.15) is 11.2 Å². The van der Waals surface area contributed by atoms with Crippen LogP contribution in [-0.2, 0) is 0 Å². The molecule has 3 aromatic heterocycles. The second-order valence-electron chi connectivity index (χ2n) is 14.6. The summed E-state index contributed by atoms with van der Waals surface area (Å²) in [5, 5.41) is 9.70. The lowest BCUT2D eigenvalue weighted by Crippen LogP contribution is -1.94. The third-order valence-electron chi connectivity index (χ3n) is 11.5. The Morgan fingerprint density at radius 1 is 0.273 bits per heavy atom. The molecule has 0 aliphatic rings. The highest BCUT2D eigenvalue weighted by molar-refractivity contribution is 6.13. The molecule has 0 amide bonds. The van der Waals surface area contributed by atoms with Crippen molar-refractivity contribution in [2.24, 2.45) is 0 Å². The van der Waals surface area contributed by atoms with Crippen molar-refractivity contribution in [3.05, 3.63) is 194 Å². The maximum atomic E-state index is 6.25. The van der Waals surface area contributed by atoms with Crippen LogP contribution in [0.1, 0.15) is 0 Å². The minimum atomic E-state index is 0.912. The van der Waals surface area contributed by atoms with Crippen molar-refractivity contribution in [3.8, 4) is 33.6 Å². The van der Waals surface area contributed by atoms with Gasteiger partial charge in [0.05, 0.1) is 22.1 Å². The molecule has 0 atom stereocenters. The van der Waals surface area contributed by atoms with Gasteiger partial charge in [0, 0.05) is 43.7 Å². The zero-order chi connectivity index (χ0) is 36.0. The lowest BCUT2D eigenvalue weighted by molar-refractivity contribution is 0.669. The van der Waals surface area contributed by atoms with E-state index in [9.17, 15) is 0 Å². The van der Waals surface area contributed by atoms with E-state index in [1.54, 1.807) is 0 Å². The molecule has 0 aliphatic heterocycles. The molecule has 0 unspecified atom stereocenters. The van der Waals surface area contributed by atoms with E-state index >= 15 is 0 Å². The van der Waals surface area contributed by atoms with Gasteiger partial charge in [0.2, 0.25) is 0 Å². The summed E-state index contributed by atoms with van der Waals surface area (Å²) in [4.78, 5) is 0. The number of aromatic nitrogens is 2. The molecule has 0 saturated heterocycles. The van der Waals surface area contributed by atoms with E-state index in [1.807, 2.05) is 12.1 Å². The Bertz CT molecular complexity index is 3490. The molecule has 9 aromatic carbocycles. The van der Waals surface area contributed by atoms with Crippen LogP contribution >= 0.6 is 0 Å². The monoisotopic (exact) mass is 700 g/mol. The van der Waals surface area contributed by atoms with Crippen LogP contribution in [0.3, 0.4) is 0 Å². The van der Waals surface area contributed by atoms with Crippen molar-refractivity contribution < 1.29 is 4.42 Å². The maximum Gasteiger partial charge on any atom is 0.136 e. The number of hydrogen-bond acceptors (Lipinski definition) is 1. The molecule has 0 spiro atoms. The molecule has 12 aromatic rings. The van der Waals surface area contributed by atoms with E-state index in [-0.39, 0.29) is 0 Å². The fourth-order valence-corrected chi connectivity index (χ4v) is 8.89. The van der Waals surface area contributed by atoms with Crippen LogP contribution in [0.15, 0.2) is 199 Å². The fraction of sp³-hybridized carbons (Fsp3) is 0. The molecule has 3 nitrogen and oxygen atoms in total. The second kappa shape index (κ2) is 11.6. The zero-order valence-corrected chi connectivity index (χ0v) is 29.8. The number of rotatable bonds is 4. The smallest absolute Gasteiger partial charge is 0.136 e. The third-order valence-corrected chi connectivity index (χ3v) is 11.5. The minimum Gasteiger partial charge on any atom is -0.456 e. The Morgan fingerprint density at radius 3 is 1.65 bits per heavy atom. The molecule has 0 radical (unpaired) electrons. The Labute approximate surface area is 316 Å². The van der Waals surface area contributed by atoms with Crippen molar-refractivity contribution >= 4 is 76.3 Å². The van der Waals surface area contributed by atoms with E-state index < -0.39 is 0 Å². The van der Waals surface area contributed by atoms with Crippen LogP contribution in [0.4, 0.5) is 0 Å². The molecule has 3 heterocycles. The normalized spacial score (nSPS) is 12.0. The van der Waals surface area contributed by atoms with E-state index in [1.165, 1.54) is 76.8 Å². The van der Waals surface area contributed by atoms with Crippen LogP contribution in [0, 0.1) is 0 Å². The van der Waals surface area contributed by atoms with Gasteiger partial charge in [0.25, 0.3) is 0 Å². The topological polar surface area (TPSA) is 23.0 Å². The van der Waals surface area contributed by atoms with Crippen molar-refractivity contribution in [1.82, 2.24) is 9.13 Å². The van der Waals surface area contributed by atoms with Crippen molar-refractivity contribution in [1.29, 1.82) is 0 Å². The highest BCUT2D eigenvalue weighted by Gasteiger charge is 2.17. The van der Waals surface area contributed by atoms with Crippen LogP contribution in [0.25, 0.3) is 110 Å². The van der Waals surface area contributed by atoms with Crippen LogP contribution in [0.5, 0.6) is 0 Å². The largest absolute Gasteiger partial charge is 0.456 e. The van der Waals surface area contributed by atoms with Gasteiger partial charge in [-0.3, -0.25) is 0 Å². The Balaban J connectivity index is 1.01. The first-order valence-corrected chi connectivity index (χ1v) is 18.8. The van der Waals surface area contributed by atoms with Crippen molar-refractivity contribution in [2.75, 3.05) is 0 Å². The lowest BCUT2D eigenvalue weighted by atomic mass is 9.99. The summed E-state index contributed by atoms with van der Waals surface area (Å²) >= 11 is 0. The van der Waals surface area contributed by atoms with Gasteiger partial charge in [-0.05, 0) is 112 Å². The van der Waals surface area contributed by atoms with Gasteiger partial charge in [-0.25, -0.2) is 0 Å². The molecule has 0 N–H and O–H groups in total. The molecule has 0 saturated carbocycles. The Hall–Kier alpha value is -7.36. The van der Waals surface area contributed by atoms with Gasteiger partial charge in [-0.2, -0.15) is 0 Å². The van der Waals surface area contributed by atoms with Crippen LogP contribution in [0.2, 0.25) is 0 Å². The van der Waals surface area contributed by atoms with E-state index in [0.717, 1.165) is 33.2 Å². The lowest BCUT2D eigenvalue weighted by Gasteiger charge is -2.12. The molecule has 12 rings (SSSR count). The summed E-state index contributed by atoms with van der Waals surface area (Å²) in [5.41, 5.74) is 13.7. The van der Waals surface area contributed by atoms with E-state index in [0.29, 0.717) is 0 Å². The average Bonchev–Trinajstić information content (AvgIpc) is 3.90. The van der Waals surface area contributed by atoms with E-state index in [4.69, 9.17) is 4.42 Å². The Kier molecular flexibility index (Phi) is 6.34. The molecule has 0 aliphatic carbocycles. The fourth-order valence-electron chi connectivity index (χ4n) is 8.89. The Morgan fingerprint density at radius 2 is 0.818 bits per heavy atom. The first-order chi connectivity index (χ1) is 27.2. The van der Waals surface area contributed by atoms with Crippen LogP contribution < -0.4 is 0 Å². The van der Waals surface area contributed by atoms with Gasteiger partial charge in [-0.15, -0.1) is 0 Å². The van der Waals surface area contributed by atoms with Gasteiger partial charge in [-0.1, -0.05) is 115 Å². The molecular formula is C52H32N2O. The molecule has 3 heteroatoms. The maximum absolute atomic E-state index is 6.25. The number of furan rings is 1. The summed E-state index contributed by atoms with van der Waals surface area (Å²) in [5.74, 6) is 0. The summed E-state index contributed by atoms with van der Waals surface area (Å²) in [6, 6.07) is 70.4. The van der Waals surface area contributed by atoms with Crippen molar-refractivity contribution in [2.45, 2.75) is 0 Å². The van der Waals surface area contributed by atoms with E-state index in [2.05, 4.69) is 191 Å². The van der Waals surface area contributed by atoms with Gasteiger partial charge in [0.15, 0.2) is 0 Å². The third kappa shape index (κ3) is 4.57.